The van der Waals surface area contributed by atoms with Crippen LogP contribution in [-0.2, 0) is 7.05 Å². The summed E-state index contributed by atoms with van der Waals surface area (Å²) in [6, 6.07) is 0. The van der Waals surface area contributed by atoms with Gasteiger partial charge in [-0.25, -0.2) is 4.98 Å². The van der Waals surface area contributed by atoms with Crippen molar-refractivity contribution in [2.45, 2.75) is 18.8 Å². The molecule has 0 bridgehead atoms. The van der Waals surface area contributed by atoms with Crippen molar-refractivity contribution in [1.82, 2.24) is 24.0 Å². The van der Waals surface area contributed by atoms with E-state index in [0.29, 0.717) is 24.6 Å². The lowest BCUT2D eigenvalue weighted by Crippen LogP contribution is -2.48. The van der Waals surface area contributed by atoms with Crippen molar-refractivity contribution in [2.75, 3.05) is 31.1 Å². The van der Waals surface area contributed by atoms with Crippen LogP contribution in [0.4, 0.5) is 5.13 Å². The first-order valence-electron chi connectivity index (χ1n) is 7.57. The zero-order valence-electron chi connectivity index (χ0n) is 12.5. The Balaban J connectivity index is 1.38. The number of aromatic nitrogens is 4. The van der Waals surface area contributed by atoms with E-state index in [1.54, 1.807) is 17.1 Å². The van der Waals surface area contributed by atoms with Gasteiger partial charge in [-0.1, -0.05) is 0 Å². The molecule has 1 aliphatic heterocycles. The molecule has 0 N–H and O–H groups in total. The van der Waals surface area contributed by atoms with Gasteiger partial charge in [-0.2, -0.15) is 9.47 Å². The highest BCUT2D eigenvalue weighted by atomic mass is 32.1. The number of carbonyl (C=O) groups is 1. The molecule has 1 saturated heterocycles. The van der Waals surface area contributed by atoms with E-state index in [4.69, 9.17) is 0 Å². The Labute approximate surface area is 132 Å². The summed E-state index contributed by atoms with van der Waals surface area (Å²) >= 11 is 1.48. The number of piperazine rings is 1. The lowest BCUT2D eigenvalue weighted by atomic mass is 10.2. The van der Waals surface area contributed by atoms with E-state index in [2.05, 4.69) is 19.4 Å². The molecule has 7 nitrogen and oxygen atoms in total. The first-order valence-corrected chi connectivity index (χ1v) is 8.34. The number of aryl methyl sites for hydroxylation is 1. The molecule has 0 radical (unpaired) electrons. The number of carbonyl (C=O) groups excluding carboxylic acids is 1. The van der Waals surface area contributed by atoms with Gasteiger partial charge in [0, 0.05) is 56.9 Å². The third-order valence-corrected chi connectivity index (χ3v) is 4.95. The van der Waals surface area contributed by atoms with Gasteiger partial charge in [-0.15, -0.1) is 0 Å². The number of nitrogens with zero attached hydrogens (tertiary/aromatic N) is 6. The number of hydrogen-bond acceptors (Lipinski definition) is 6. The van der Waals surface area contributed by atoms with Crippen LogP contribution in [0.3, 0.4) is 0 Å². The molecule has 2 aromatic heterocycles. The zero-order chi connectivity index (χ0) is 15.1. The molecule has 2 aliphatic rings. The highest BCUT2D eigenvalue weighted by Gasteiger charge is 2.30. The van der Waals surface area contributed by atoms with E-state index in [0.717, 1.165) is 24.0 Å². The van der Waals surface area contributed by atoms with Gasteiger partial charge in [0.25, 0.3) is 5.91 Å². The van der Waals surface area contributed by atoms with Crippen LogP contribution in [0.1, 0.15) is 34.9 Å². The van der Waals surface area contributed by atoms with Crippen LogP contribution in [0.5, 0.6) is 0 Å². The van der Waals surface area contributed by atoms with E-state index >= 15 is 0 Å². The second-order valence-corrected chi connectivity index (χ2v) is 6.62. The molecule has 22 heavy (non-hydrogen) atoms. The Bertz CT molecular complexity index is 683. The molecule has 116 valence electrons. The molecule has 0 spiro atoms. The van der Waals surface area contributed by atoms with Crippen molar-refractivity contribution >= 4 is 22.6 Å². The first kappa shape index (κ1) is 13.7. The predicted octanol–water partition coefficient (Wildman–Crippen LogP) is 1.11. The van der Waals surface area contributed by atoms with E-state index in [1.165, 1.54) is 24.4 Å². The van der Waals surface area contributed by atoms with Crippen LogP contribution in [0.2, 0.25) is 0 Å². The molecule has 1 amide bonds. The van der Waals surface area contributed by atoms with Crippen molar-refractivity contribution in [3.05, 3.63) is 23.8 Å². The number of anilines is 1. The molecule has 0 unspecified atom stereocenters. The van der Waals surface area contributed by atoms with Crippen LogP contribution in [0.15, 0.2) is 12.4 Å². The maximum atomic E-state index is 12.4. The maximum Gasteiger partial charge on any atom is 0.257 e. The van der Waals surface area contributed by atoms with Crippen molar-refractivity contribution in [1.29, 1.82) is 0 Å². The summed E-state index contributed by atoms with van der Waals surface area (Å²) in [5.74, 6) is 1.66. The lowest BCUT2D eigenvalue weighted by Gasteiger charge is -2.34. The van der Waals surface area contributed by atoms with Crippen molar-refractivity contribution in [3.8, 4) is 0 Å². The van der Waals surface area contributed by atoms with E-state index < -0.39 is 0 Å². The van der Waals surface area contributed by atoms with Gasteiger partial charge in [-0.05, 0) is 12.8 Å². The smallest absolute Gasteiger partial charge is 0.257 e. The van der Waals surface area contributed by atoms with Crippen LogP contribution < -0.4 is 4.90 Å². The summed E-state index contributed by atoms with van der Waals surface area (Å²) in [7, 11) is 1.82. The summed E-state index contributed by atoms with van der Waals surface area (Å²) < 4.78 is 6.11. The predicted molar refractivity (Wildman–Crippen MR) is 83.2 cm³/mol. The summed E-state index contributed by atoms with van der Waals surface area (Å²) in [6.07, 6.45) is 5.84. The van der Waals surface area contributed by atoms with Crippen molar-refractivity contribution < 1.29 is 4.79 Å². The third-order valence-electron chi connectivity index (χ3n) is 4.16. The number of amides is 1. The standard InChI is InChI=1S/C14H18N6OS/c1-18-9-11(8-15-18)13(21)19-4-6-20(7-5-19)14-16-12(17-22-14)10-2-3-10/h8-10H,2-7H2,1H3. The highest BCUT2D eigenvalue weighted by Crippen LogP contribution is 2.39. The van der Waals surface area contributed by atoms with Crippen LogP contribution >= 0.6 is 11.5 Å². The molecular weight excluding hydrogens is 300 g/mol. The quantitative estimate of drug-likeness (QED) is 0.848. The first-order chi connectivity index (χ1) is 10.7. The van der Waals surface area contributed by atoms with Gasteiger partial charge < -0.3 is 9.80 Å². The minimum Gasteiger partial charge on any atom is -0.343 e. The molecule has 1 aliphatic carbocycles. The second-order valence-electron chi connectivity index (χ2n) is 5.89. The molecule has 3 heterocycles. The van der Waals surface area contributed by atoms with Gasteiger partial charge in [-0.3, -0.25) is 9.48 Å². The Morgan fingerprint density at radius 3 is 2.68 bits per heavy atom. The molecular formula is C14H18N6OS. The normalized spacial score (nSPS) is 18.8. The minimum absolute atomic E-state index is 0.0590. The monoisotopic (exact) mass is 318 g/mol. The fourth-order valence-electron chi connectivity index (χ4n) is 2.68. The minimum atomic E-state index is 0.0590. The Morgan fingerprint density at radius 2 is 2.05 bits per heavy atom. The van der Waals surface area contributed by atoms with Crippen LogP contribution in [0.25, 0.3) is 0 Å². The topological polar surface area (TPSA) is 67.2 Å². The summed E-state index contributed by atoms with van der Waals surface area (Å²) in [4.78, 5) is 21.1. The van der Waals surface area contributed by atoms with Gasteiger partial charge >= 0.3 is 0 Å². The van der Waals surface area contributed by atoms with Crippen LogP contribution in [0, 0.1) is 0 Å². The summed E-state index contributed by atoms with van der Waals surface area (Å²) in [6.45, 7) is 3.05. The van der Waals surface area contributed by atoms with Gasteiger partial charge in [0.05, 0.1) is 11.8 Å². The largest absolute Gasteiger partial charge is 0.343 e. The highest BCUT2D eigenvalue weighted by molar-refractivity contribution is 7.09. The Hall–Kier alpha value is -1.96. The van der Waals surface area contributed by atoms with Crippen molar-refractivity contribution in [2.24, 2.45) is 7.05 Å². The van der Waals surface area contributed by atoms with E-state index in [-0.39, 0.29) is 5.91 Å². The van der Waals surface area contributed by atoms with Gasteiger partial charge in [0.15, 0.2) is 0 Å². The van der Waals surface area contributed by atoms with E-state index in [1.807, 2.05) is 11.9 Å². The van der Waals surface area contributed by atoms with Crippen molar-refractivity contribution in [3.63, 3.8) is 0 Å². The molecule has 0 aromatic carbocycles. The average molecular weight is 318 g/mol. The zero-order valence-corrected chi connectivity index (χ0v) is 13.3. The molecule has 8 heteroatoms. The van der Waals surface area contributed by atoms with E-state index in [9.17, 15) is 4.79 Å². The number of hydrogen-bond donors (Lipinski definition) is 0. The summed E-state index contributed by atoms with van der Waals surface area (Å²) in [5, 5.41) is 5.06. The van der Waals surface area contributed by atoms with Gasteiger partial charge in [0.1, 0.15) is 5.82 Å². The third kappa shape index (κ3) is 2.58. The van der Waals surface area contributed by atoms with Crippen LogP contribution in [-0.4, -0.2) is 56.1 Å². The molecule has 2 aromatic rings. The average Bonchev–Trinajstić information content (AvgIpc) is 3.11. The second kappa shape index (κ2) is 5.35. The van der Waals surface area contributed by atoms with Gasteiger partial charge in [0.2, 0.25) is 5.13 Å². The summed E-state index contributed by atoms with van der Waals surface area (Å²) in [5.41, 5.74) is 0.655. The molecule has 4 rings (SSSR count). The number of rotatable bonds is 3. The fraction of sp³-hybridized carbons (Fsp3) is 0.571. The Morgan fingerprint density at radius 1 is 1.27 bits per heavy atom. The lowest BCUT2D eigenvalue weighted by molar-refractivity contribution is 0.0746. The molecule has 2 fully saturated rings. The fourth-order valence-corrected chi connectivity index (χ4v) is 3.47. The molecule has 0 atom stereocenters. The Kier molecular flexibility index (Phi) is 3.33. The molecule has 1 saturated carbocycles. The maximum absolute atomic E-state index is 12.4. The SMILES string of the molecule is Cn1cc(C(=O)N2CCN(c3nc(C4CC4)ns3)CC2)cn1.